The second-order valence-corrected chi connectivity index (χ2v) is 5.39. The second-order valence-electron chi connectivity index (χ2n) is 4.04. The molecule has 0 atom stereocenters. The number of nitrogens with zero attached hydrogens (tertiary/aromatic N) is 3. The zero-order valence-electron chi connectivity index (χ0n) is 11.3. The first-order valence-electron chi connectivity index (χ1n) is 5.89. The van der Waals surface area contributed by atoms with Gasteiger partial charge >= 0.3 is 11.7 Å². The van der Waals surface area contributed by atoms with Crippen molar-refractivity contribution < 1.29 is 9.53 Å². The minimum Gasteiger partial charge on any atom is -0.465 e. The van der Waals surface area contributed by atoms with Gasteiger partial charge in [0.25, 0.3) is 0 Å². The van der Waals surface area contributed by atoms with Crippen molar-refractivity contribution in [2.24, 2.45) is 14.1 Å². The van der Waals surface area contributed by atoms with Crippen LogP contribution in [-0.4, -0.2) is 37.4 Å². The Morgan fingerprint density at radius 1 is 1.45 bits per heavy atom. The van der Waals surface area contributed by atoms with Crippen molar-refractivity contribution in [3.05, 3.63) is 15.1 Å². The van der Waals surface area contributed by atoms with Crippen LogP contribution in [0, 0.1) is 4.64 Å². The van der Waals surface area contributed by atoms with Gasteiger partial charge < -0.3 is 9.72 Å². The summed E-state index contributed by atoms with van der Waals surface area (Å²) in [6, 6.07) is 0. The lowest BCUT2D eigenvalue weighted by atomic mass is 10.5. The van der Waals surface area contributed by atoms with Crippen molar-refractivity contribution >= 4 is 41.1 Å². The summed E-state index contributed by atoms with van der Waals surface area (Å²) in [5.74, 6) is -0.156. The van der Waals surface area contributed by atoms with E-state index in [0.717, 1.165) is 0 Å². The second kappa shape index (κ2) is 5.80. The smallest absolute Gasteiger partial charge is 0.330 e. The first kappa shape index (κ1) is 14.8. The lowest BCUT2D eigenvalue weighted by molar-refractivity contribution is -0.139. The molecule has 0 spiro atoms. The summed E-state index contributed by atoms with van der Waals surface area (Å²) < 4.78 is 8.01. The number of H-pyrrole nitrogens is 1. The Kier molecular flexibility index (Phi) is 4.29. The first-order chi connectivity index (χ1) is 9.45. The van der Waals surface area contributed by atoms with E-state index in [1.54, 1.807) is 21.0 Å². The van der Waals surface area contributed by atoms with Crippen molar-refractivity contribution in [2.75, 3.05) is 12.4 Å². The fraction of sp³-hybridized carbons (Fsp3) is 0.455. The van der Waals surface area contributed by atoms with E-state index in [0.29, 0.717) is 27.6 Å². The molecule has 108 valence electrons. The third-order valence-corrected chi connectivity index (χ3v) is 4.03. The summed E-state index contributed by atoms with van der Waals surface area (Å²) in [6.07, 6.45) is 0. The minimum atomic E-state index is -0.309. The average molecular weight is 314 g/mol. The fourth-order valence-electron chi connectivity index (χ4n) is 1.70. The highest BCUT2D eigenvalue weighted by molar-refractivity contribution is 7.99. The van der Waals surface area contributed by atoms with E-state index < -0.39 is 0 Å². The molecule has 0 bridgehead atoms. The van der Waals surface area contributed by atoms with Gasteiger partial charge in [0, 0.05) is 14.1 Å². The highest BCUT2D eigenvalue weighted by Crippen LogP contribution is 2.19. The van der Waals surface area contributed by atoms with Crippen LogP contribution in [0.15, 0.2) is 9.95 Å². The van der Waals surface area contributed by atoms with Crippen LogP contribution < -0.4 is 5.69 Å². The lowest BCUT2D eigenvalue weighted by Gasteiger charge is -2.02. The van der Waals surface area contributed by atoms with Crippen LogP contribution >= 0.6 is 24.0 Å². The Morgan fingerprint density at radius 2 is 2.15 bits per heavy atom. The van der Waals surface area contributed by atoms with Gasteiger partial charge in [-0.15, -0.1) is 0 Å². The molecule has 20 heavy (non-hydrogen) atoms. The van der Waals surface area contributed by atoms with Gasteiger partial charge in [-0.3, -0.25) is 13.9 Å². The molecular weight excluding hydrogens is 300 g/mol. The number of aromatic amines is 1. The Morgan fingerprint density at radius 3 is 2.80 bits per heavy atom. The molecule has 7 nitrogen and oxygen atoms in total. The van der Waals surface area contributed by atoms with E-state index >= 15 is 0 Å². The minimum absolute atomic E-state index is 0.153. The summed E-state index contributed by atoms with van der Waals surface area (Å²) in [6.45, 7) is 2.10. The van der Waals surface area contributed by atoms with Crippen LogP contribution in [0.2, 0.25) is 0 Å². The maximum atomic E-state index is 11.9. The SMILES string of the molecule is CCOC(=O)CSc1nc2c([nH]1)c(=S)n(C)c(=O)n2C. The van der Waals surface area contributed by atoms with Gasteiger partial charge in [-0.05, 0) is 6.92 Å². The molecule has 0 amide bonds. The molecular formula is C11H14N4O3S2. The highest BCUT2D eigenvalue weighted by atomic mass is 32.2. The molecule has 0 fully saturated rings. The third kappa shape index (κ3) is 2.63. The van der Waals surface area contributed by atoms with Crippen molar-refractivity contribution in [2.45, 2.75) is 12.1 Å². The van der Waals surface area contributed by atoms with Gasteiger partial charge in [-0.25, -0.2) is 9.78 Å². The van der Waals surface area contributed by atoms with Gasteiger partial charge in [-0.2, -0.15) is 0 Å². The third-order valence-electron chi connectivity index (χ3n) is 2.71. The first-order valence-corrected chi connectivity index (χ1v) is 7.29. The molecule has 0 aliphatic rings. The van der Waals surface area contributed by atoms with Gasteiger partial charge in [0.2, 0.25) is 0 Å². The summed E-state index contributed by atoms with van der Waals surface area (Å²) in [7, 11) is 3.23. The van der Waals surface area contributed by atoms with E-state index in [-0.39, 0.29) is 17.4 Å². The maximum Gasteiger partial charge on any atom is 0.330 e. The Labute approximate surface area is 124 Å². The predicted molar refractivity (Wildman–Crippen MR) is 78.5 cm³/mol. The summed E-state index contributed by atoms with van der Waals surface area (Å²) in [4.78, 5) is 30.5. The number of imidazole rings is 1. The molecule has 0 radical (unpaired) electrons. The lowest BCUT2D eigenvalue weighted by Crippen LogP contribution is -2.27. The van der Waals surface area contributed by atoms with Gasteiger partial charge in [-0.1, -0.05) is 24.0 Å². The van der Waals surface area contributed by atoms with Crippen molar-refractivity contribution in [1.29, 1.82) is 0 Å². The molecule has 1 N–H and O–H groups in total. The normalized spacial score (nSPS) is 10.9. The molecule has 2 rings (SSSR count). The van der Waals surface area contributed by atoms with Crippen LogP contribution in [0.1, 0.15) is 6.92 Å². The van der Waals surface area contributed by atoms with E-state index in [2.05, 4.69) is 9.97 Å². The van der Waals surface area contributed by atoms with E-state index in [4.69, 9.17) is 17.0 Å². The van der Waals surface area contributed by atoms with Crippen molar-refractivity contribution in [3.8, 4) is 0 Å². The van der Waals surface area contributed by atoms with E-state index in [9.17, 15) is 9.59 Å². The largest absolute Gasteiger partial charge is 0.465 e. The molecule has 0 saturated carbocycles. The van der Waals surface area contributed by atoms with Gasteiger partial charge in [0.1, 0.15) is 10.2 Å². The molecule has 9 heteroatoms. The number of thioether (sulfide) groups is 1. The number of hydrogen-bond acceptors (Lipinski definition) is 6. The van der Waals surface area contributed by atoms with E-state index in [1.165, 1.54) is 20.9 Å². The van der Waals surface area contributed by atoms with Crippen molar-refractivity contribution in [1.82, 2.24) is 19.1 Å². The van der Waals surface area contributed by atoms with Crippen LogP contribution in [0.25, 0.3) is 11.2 Å². The Bertz CT molecular complexity index is 774. The van der Waals surface area contributed by atoms with Crippen LogP contribution in [0.3, 0.4) is 0 Å². The summed E-state index contributed by atoms with van der Waals surface area (Å²) in [5.41, 5.74) is 0.844. The number of aromatic nitrogens is 4. The maximum absolute atomic E-state index is 11.9. The molecule has 2 aromatic rings. The predicted octanol–water partition coefficient (Wildman–Crippen LogP) is 0.985. The molecule has 2 heterocycles. The summed E-state index contributed by atoms with van der Waals surface area (Å²) >= 11 is 6.42. The topological polar surface area (TPSA) is 81.9 Å². The van der Waals surface area contributed by atoms with Crippen molar-refractivity contribution in [3.63, 3.8) is 0 Å². The number of ether oxygens (including phenoxy) is 1. The Balaban J connectivity index is 2.37. The number of fused-ring (bicyclic) bond motifs is 1. The number of nitrogens with one attached hydrogen (secondary N) is 1. The van der Waals surface area contributed by atoms with Crippen LogP contribution in [0.5, 0.6) is 0 Å². The molecule has 0 unspecified atom stereocenters. The highest BCUT2D eigenvalue weighted by Gasteiger charge is 2.12. The van der Waals surface area contributed by atoms with Gasteiger partial charge in [0.15, 0.2) is 10.8 Å². The molecule has 0 aromatic carbocycles. The number of rotatable bonds is 4. The van der Waals surface area contributed by atoms with Crippen LogP contribution in [0.4, 0.5) is 0 Å². The number of hydrogen-bond donors (Lipinski definition) is 1. The monoisotopic (exact) mass is 314 g/mol. The standard InChI is InChI=1S/C11H14N4O3S2/c1-4-18-6(16)5-20-10-12-7-8(13-10)14(2)11(17)15(3)9(7)19/h4-5H2,1-3H3,(H,12,13). The van der Waals surface area contributed by atoms with Crippen LogP contribution in [-0.2, 0) is 23.6 Å². The zero-order valence-corrected chi connectivity index (χ0v) is 12.9. The Hall–Kier alpha value is -1.61. The summed E-state index contributed by atoms with van der Waals surface area (Å²) in [5, 5.41) is 0.528. The number of aryl methyl sites for hydroxylation is 1. The van der Waals surface area contributed by atoms with E-state index in [1.807, 2.05) is 0 Å². The number of esters is 1. The van der Waals surface area contributed by atoms with Gasteiger partial charge in [0.05, 0.1) is 12.4 Å². The molecule has 0 saturated heterocycles. The molecule has 2 aromatic heterocycles. The molecule has 0 aliphatic carbocycles. The fourth-order valence-corrected chi connectivity index (χ4v) is 2.59. The number of carbonyl (C=O) groups excluding carboxylic acids is 1. The quantitative estimate of drug-likeness (QED) is 0.515. The number of carbonyl (C=O) groups is 1. The average Bonchev–Trinajstić information content (AvgIpc) is 2.85. The zero-order chi connectivity index (χ0) is 14.9. The molecule has 0 aliphatic heterocycles.